The molecule has 0 radical (unpaired) electrons. The van der Waals surface area contributed by atoms with Gasteiger partial charge in [0.05, 0.1) is 29.1 Å². The number of benzene rings is 2. The Labute approximate surface area is 161 Å². The molecule has 2 heterocycles. The van der Waals surface area contributed by atoms with Gasteiger partial charge in [-0.2, -0.15) is 0 Å². The lowest BCUT2D eigenvalue weighted by Crippen LogP contribution is -1.83. The van der Waals surface area contributed by atoms with Crippen molar-refractivity contribution in [1.29, 1.82) is 0 Å². The van der Waals surface area contributed by atoms with E-state index in [1.54, 1.807) is 7.11 Å². The third-order valence-electron chi connectivity index (χ3n) is 3.62. The fourth-order valence-electron chi connectivity index (χ4n) is 2.35. The van der Waals surface area contributed by atoms with Crippen LogP contribution < -0.4 is 4.74 Å². The normalized spacial score (nSPS) is 11.5. The Morgan fingerprint density at radius 1 is 1.23 bits per heavy atom. The first-order valence-electron chi connectivity index (χ1n) is 7.57. The van der Waals surface area contributed by atoms with Crippen LogP contribution in [0.25, 0.3) is 21.7 Å². The molecule has 130 valence electrons. The van der Waals surface area contributed by atoms with Crippen molar-refractivity contribution in [3.05, 3.63) is 52.6 Å². The van der Waals surface area contributed by atoms with Gasteiger partial charge in [0.1, 0.15) is 5.75 Å². The number of aromatic hydroxyl groups is 1. The third-order valence-corrected chi connectivity index (χ3v) is 5.24. The van der Waals surface area contributed by atoms with Crippen LogP contribution in [0.5, 0.6) is 11.7 Å². The van der Waals surface area contributed by atoms with Crippen LogP contribution in [0.1, 0.15) is 5.69 Å². The van der Waals surface area contributed by atoms with Gasteiger partial charge in [-0.1, -0.05) is 23.5 Å². The van der Waals surface area contributed by atoms with E-state index in [1.807, 2.05) is 42.5 Å². The van der Waals surface area contributed by atoms with Gasteiger partial charge in [0, 0.05) is 4.47 Å². The van der Waals surface area contributed by atoms with Crippen molar-refractivity contribution in [1.82, 2.24) is 9.97 Å². The topological polar surface area (TPSA) is 80.7 Å². The summed E-state index contributed by atoms with van der Waals surface area (Å²) in [5, 5.41) is 10.6. The van der Waals surface area contributed by atoms with Crippen LogP contribution in [0.15, 0.2) is 56.3 Å². The van der Waals surface area contributed by atoms with Gasteiger partial charge in [-0.15, -0.1) is 0 Å². The molecule has 6 nitrogen and oxygen atoms in total. The number of oxazole rings is 1. The minimum Gasteiger partial charge on any atom is -0.497 e. The van der Waals surface area contributed by atoms with E-state index in [4.69, 9.17) is 9.15 Å². The van der Waals surface area contributed by atoms with E-state index in [0.717, 1.165) is 26.0 Å². The monoisotopic (exact) mass is 429 g/mol. The van der Waals surface area contributed by atoms with Crippen LogP contribution in [-0.4, -0.2) is 28.4 Å². The number of hydrogen-bond donors (Lipinski definition) is 1. The molecule has 2 aromatic carbocycles. The number of rotatable bonds is 4. The maximum absolute atomic E-state index is 10.0. The first-order chi connectivity index (χ1) is 12.6. The van der Waals surface area contributed by atoms with Crippen LogP contribution in [0.2, 0.25) is 0 Å². The standard InChI is InChI=1S/C18H12BrN3O3S/c1-24-10-6-7-13-15(8-10)26-18(22-13)20-9-14-17(23)25-16(21-14)11-4-2-3-5-12(11)19/h2-9,23H,1H3/b20-9+. The van der Waals surface area contributed by atoms with E-state index in [9.17, 15) is 5.11 Å². The van der Waals surface area contributed by atoms with Gasteiger partial charge in [-0.25, -0.2) is 15.0 Å². The second kappa shape index (κ2) is 6.89. The summed E-state index contributed by atoms with van der Waals surface area (Å²) in [5.41, 5.74) is 1.82. The second-order valence-corrected chi connectivity index (χ2v) is 7.14. The molecule has 0 saturated carbocycles. The number of aliphatic imine (C=N–C) groups is 1. The predicted molar refractivity (Wildman–Crippen MR) is 105 cm³/mol. The summed E-state index contributed by atoms with van der Waals surface area (Å²) in [6.07, 6.45) is 1.44. The number of halogens is 1. The van der Waals surface area contributed by atoms with Crippen molar-refractivity contribution >= 4 is 48.8 Å². The summed E-state index contributed by atoms with van der Waals surface area (Å²) in [5.74, 6) is 0.789. The molecule has 4 rings (SSSR count). The Bertz CT molecular complexity index is 1120. The lowest BCUT2D eigenvalue weighted by atomic mass is 10.2. The lowest BCUT2D eigenvalue weighted by Gasteiger charge is -1.96. The molecule has 0 fully saturated rings. The molecule has 0 bridgehead atoms. The number of methoxy groups -OCH3 is 1. The zero-order chi connectivity index (χ0) is 18.1. The molecule has 0 amide bonds. The summed E-state index contributed by atoms with van der Waals surface area (Å²) in [6, 6.07) is 13.1. The maximum atomic E-state index is 10.0. The first kappa shape index (κ1) is 16.7. The zero-order valence-corrected chi connectivity index (χ0v) is 15.9. The fraction of sp³-hybridized carbons (Fsp3) is 0.0556. The SMILES string of the molecule is COc1ccc2nc(/N=C/c3nc(-c4ccccc4Br)oc3O)sc2c1. The first-order valence-corrected chi connectivity index (χ1v) is 9.18. The van der Waals surface area contributed by atoms with Gasteiger partial charge >= 0.3 is 5.95 Å². The van der Waals surface area contributed by atoms with E-state index in [-0.39, 0.29) is 11.6 Å². The number of hydrogen-bond acceptors (Lipinski definition) is 7. The van der Waals surface area contributed by atoms with Gasteiger partial charge < -0.3 is 14.3 Å². The zero-order valence-electron chi connectivity index (χ0n) is 13.5. The molecule has 0 atom stereocenters. The second-order valence-electron chi connectivity index (χ2n) is 5.28. The number of nitrogens with zero attached hydrogens (tertiary/aromatic N) is 3. The highest BCUT2D eigenvalue weighted by atomic mass is 79.9. The van der Waals surface area contributed by atoms with Crippen molar-refractivity contribution in [2.45, 2.75) is 0 Å². The summed E-state index contributed by atoms with van der Waals surface area (Å²) in [7, 11) is 1.62. The van der Waals surface area contributed by atoms with Crippen molar-refractivity contribution in [3.8, 4) is 23.1 Å². The van der Waals surface area contributed by atoms with E-state index in [1.165, 1.54) is 17.6 Å². The smallest absolute Gasteiger partial charge is 0.312 e. The van der Waals surface area contributed by atoms with Gasteiger partial charge in [-0.05, 0) is 46.3 Å². The average molecular weight is 430 g/mol. The van der Waals surface area contributed by atoms with Gasteiger partial charge in [0.25, 0.3) is 0 Å². The summed E-state index contributed by atoms with van der Waals surface area (Å²) in [4.78, 5) is 13.0. The molecule has 1 N–H and O–H groups in total. The molecule has 0 aliphatic rings. The van der Waals surface area contributed by atoms with E-state index < -0.39 is 0 Å². The molecule has 0 saturated heterocycles. The Morgan fingerprint density at radius 2 is 2.08 bits per heavy atom. The highest BCUT2D eigenvalue weighted by molar-refractivity contribution is 9.10. The van der Waals surface area contributed by atoms with Crippen LogP contribution in [0.3, 0.4) is 0 Å². The molecular formula is C18H12BrN3O3S. The highest BCUT2D eigenvalue weighted by Gasteiger charge is 2.14. The number of thiazole rings is 1. The third kappa shape index (κ3) is 3.21. The van der Waals surface area contributed by atoms with E-state index >= 15 is 0 Å². The maximum Gasteiger partial charge on any atom is 0.312 e. The molecule has 26 heavy (non-hydrogen) atoms. The molecular weight excluding hydrogens is 418 g/mol. The summed E-state index contributed by atoms with van der Waals surface area (Å²) < 4.78 is 12.4. The molecule has 4 aromatic rings. The van der Waals surface area contributed by atoms with Crippen LogP contribution >= 0.6 is 27.3 Å². The average Bonchev–Trinajstić information content (AvgIpc) is 3.22. The largest absolute Gasteiger partial charge is 0.497 e. The van der Waals surface area contributed by atoms with Gasteiger partial charge in [-0.3, -0.25) is 0 Å². The highest BCUT2D eigenvalue weighted by Crippen LogP contribution is 2.33. The lowest BCUT2D eigenvalue weighted by molar-refractivity contribution is 0.337. The Morgan fingerprint density at radius 3 is 2.88 bits per heavy atom. The predicted octanol–water partition coefficient (Wildman–Crippen LogP) is 5.18. The fourth-order valence-corrected chi connectivity index (χ4v) is 3.64. The van der Waals surface area contributed by atoms with Crippen LogP contribution in [0.4, 0.5) is 5.13 Å². The minimum absolute atomic E-state index is 0.243. The molecule has 0 unspecified atom stereocenters. The van der Waals surface area contributed by atoms with Crippen molar-refractivity contribution in [2.75, 3.05) is 7.11 Å². The van der Waals surface area contributed by atoms with Crippen molar-refractivity contribution in [3.63, 3.8) is 0 Å². The molecule has 0 aliphatic carbocycles. The van der Waals surface area contributed by atoms with Crippen molar-refractivity contribution < 1.29 is 14.3 Å². The van der Waals surface area contributed by atoms with Crippen LogP contribution in [-0.2, 0) is 0 Å². The Hall–Kier alpha value is -2.71. The Kier molecular flexibility index (Phi) is 4.44. The minimum atomic E-state index is -0.290. The summed E-state index contributed by atoms with van der Waals surface area (Å²) >= 11 is 4.86. The van der Waals surface area contributed by atoms with E-state index in [0.29, 0.717) is 11.0 Å². The molecule has 2 aromatic heterocycles. The van der Waals surface area contributed by atoms with E-state index in [2.05, 4.69) is 30.9 Å². The number of aromatic nitrogens is 2. The molecule has 0 spiro atoms. The molecule has 0 aliphatic heterocycles. The van der Waals surface area contributed by atoms with Gasteiger partial charge in [0.2, 0.25) is 11.0 Å². The number of fused-ring (bicyclic) bond motifs is 1. The quantitative estimate of drug-likeness (QED) is 0.452. The van der Waals surface area contributed by atoms with Crippen LogP contribution in [0, 0.1) is 0 Å². The Balaban J connectivity index is 1.64. The summed E-state index contributed by atoms with van der Waals surface area (Å²) in [6.45, 7) is 0. The van der Waals surface area contributed by atoms with Crippen molar-refractivity contribution in [2.24, 2.45) is 4.99 Å². The van der Waals surface area contributed by atoms with Gasteiger partial charge in [0.15, 0.2) is 5.69 Å². The number of ether oxygens (including phenoxy) is 1. The molecule has 8 heteroatoms.